The molecule has 0 unspecified atom stereocenters. The van der Waals surface area contributed by atoms with Crippen molar-refractivity contribution >= 4 is 24.3 Å². The Labute approximate surface area is 203 Å². The number of rotatable bonds is 8. The van der Waals surface area contributed by atoms with Crippen LogP contribution < -0.4 is 10.6 Å². The lowest BCUT2D eigenvalue weighted by molar-refractivity contribution is -0.108. The third-order valence-corrected chi connectivity index (χ3v) is 6.25. The maximum atomic E-state index is 9.57. The van der Waals surface area contributed by atoms with Crippen LogP contribution in [0.3, 0.4) is 0 Å². The van der Waals surface area contributed by atoms with E-state index in [2.05, 4.69) is 40.9 Å². The van der Waals surface area contributed by atoms with E-state index in [4.69, 9.17) is 9.97 Å². The van der Waals surface area contributed by atoms with E-state index in [0.717, 1.165) is 79.2 Å². The molecule has 2 aromatic heterocycles. The Morgan fingerprint density at radius 1 is 1.12 bits per heavy atom. The predicted molar refractivity (Wildman–Crippen MR) is 140 cm³/mol. The van der Waals surface area contributed by atoms with E-state index in [1.807, 2.05) is 38.3 Å². The Kier molecular flexibility index (Phi) is 9.33. The van der Waals surface area contributed by atoms with Crippen molar-refractivity contribution in [3.63, 3.8) is 0 Å². The van der Waals surface area contributed by atoms with Crippen molar-refractivity contribution in [1.29, 1.82) is 0 Å². The molecule has 7 heteroatoms. The molecule has 1 saturated carbocycles. The number of aromatic nitrogens is 3. The quantitative estimate of drug-likeness (QED) is 0.553. The summed E-state index contributed by atoms with van der Waals surface area (Å²) >= 11 is 0. The van der Waals surface area contributed by atoms with Gasteiger partial charge in [0.2, 0.25) is 0 Å². The fourth-order valence-corrected chi connectivity index (χ4v) is 3.75. The van der Waals surface area contributed by atoms with Crippen LogP contribution >= 0.6 is 0 Å². The zero-order valence-electron chi connectivity index (χ0n) is 20.9. The first-order chi connectivity index (χ1) is 16.4. The van der Waals surface area contributed by atoms with Gasteiger partial charge in [-0.1, -0.05) is 18.7 Å². The summed E-state index contributed by atoms with van der Waals surface area (Å²) in [6.45, 7) is 12.7. The minimum atomic E-state index is 0.433. The van der Waals surface area contributed by atoms with Crippen LogP contribution in [0.4, 0.5) is 5.82 Å². The normalized spacial score (nSPS) is 17.0. The van der Waals surface area contributed by atoms with Crippen LogP contribution in [0.5, 0.6) is 0 Å². The first kappa shape index (κ1) is 25.6. The second-order valence-electron chi connectivity index (χ2n) is 9.26. The molecule has 3 heterocycles. The van der Waals surface area contributed by atoms with Crippen molar-refractivity contribution < 1.29 is 4.79 Å². The lowest BCUT2D eigenvalue weighted by Crippen LogP contribution is -2.42. The van der Waals surface area contributed by atoms with Crippen LogP contribution in [0.25, 0.3) is 23.5 Å². The van der Waals surface area contributed by atoms with Crippen LogP contribution in [0.1, 0.15) is 57.7 Å². The second-order valence-corrected chi connectivity index (χ2v) is 9.26. The van der Waals surface area contributed by atoms with E-state index in [1.54, 1.807) is 12.4 Å². The molecule has 34 heavy (non-hydrogen) atoms. The number of anilines is 1. The predicted octanol–water partition coefficient (Wildman–Crippen LogP) is 4.64. The van der Waals surface area contributed by atoms with E-state index in [1.165, 1.54) is 0 Å². The summed E-state index contributed by atoms with van der Waals surface area (Å²) in [4.78, 5) is 26.1. The van der Waals surface area contributed by atoms with Gasteiger partial charge >= 0.3 is 0 Å². The summed E-state index contributed by atoms with van der Waals surface area (Å²) < 4.78 is 0. The zero-order valence-corrected chi connectivity index (χ0v) is 20.9. The number of likely N-dealkylation sites (tertiary alicyclic amines) is 1. The molecule has 0 radical (unpaired) electrons. The highest BCUT2D eigenvalue weighted by atomic mass is 16.1. The van der Waals surface area contributed by atoms with Gasteiger partial charge in [0.05, 0.1) is 23.8 Å². The van der Waals surface area contributed by atoms with Crippen LogP contribution in [0.15, 0.2) is 36.8 Å². The van der Waals surface area contributed by atoms with Crippen LogP contribution in [-0.2, 0) is 4.79 Å². The molecule has 7 nitrogen and oxygen atoms in total. The molecule has 4 rings (SSSR count). The fourth-order valence-electron chi connectivity index (χ4n) is 3.75. The summed E-state index contributed by atoms with van der Waals surface area (Å²) in [5, 5.41) is 6.70. The van der Waals surface area contributed by atoms with Gasteiger partial charge in [0.25, 0.3) is 0 Å². The Morgan fingerprint density at radius 3 is 2.41 bits per heavy atom. The number of nitrogens with zero attached hydrogens (tertiary/aromatic N) is 4. The number of carbonyl (C=O) groups excluding carboxylic acids is 1. The molecular formula is C27H38N6O. The van der Waals surface area contributed by atoms with Gasteiger partial charge in [0.1, 0.15) is 17.8 Å². The molecule has 1 saturated heterocycles. The molecule has 0 amide bonds. The van der Waals surface area contributed by atoms with Crippen molar-refractivity contribution in [3.05, 3.63) is 48.1 Å². The van der Waals surface area contributed by atoms with E-state index in [-0.39, 0.29) is 0 Å². The Balaban J connectivity index is 0.000000574. The summed E-state index contributed by atoms with van der Waals surface area (Å²) in [6, 6.07) is 5.03. The maximum Gasteiger partial charge on any atom is 0.145 e. The molecule has 0 aromatic carbocycles. The zero-order chi connectivity index (χ0) is 24.5. The van der Waals surface area contributed by atoms with Gasteiger partial charge in [0.15, 0.2) is 0 Å². The van der Waals surface area contributed by atoms with Crippen molar-refractivity contribution in [2.24, 2.45) is 5.92 Å². The van der Waals surface area contributed by atoms with Crippen LogP contribution in [-0.4, -0.2) is 58.4 Å². The van der Waals surface area contributed by atoms with Crippen molar-refractivity contribution in [3.8, 4) is 11.4 Å². The molecule has 1 aliphatic heterocycles. The maximum absolute atomic E-state index is 9.57. The van der Waals surface area contributed by atoms with Gasteiger partial charge in [-0.2, -0.15) is 0 Å². The highest BCUT2D eigenvalue weighted by Crippen LogP contribution is 2.25. The highest BCUT2D eigenvalue weighted by molar-refractivity contribution is 5.67. The number of nitrogens with one attached hydrogen (secondary N) is 2. The minimum Gasteiger partial charge on any atom is -0.392 e. The highest BCUT2D eigenvalue weighted by Gasteiger charge is 2.21. The molecule has 0 bridgehead atoms. The summed E-state index contributed by atoms with van der Waals surface area (Å²) in [7, 11) is 1.90. The Bertz CT molecular complexity index is 990. The van der Waals surface area contributed by atoms with E-state index < -0.39 is 0 Å². The lowest BCUT2D eigenvalue weighted by Gasteiger charge is -2.35. The molecule has 2 fully saturated rings. The van der Waals surface area contributed by atoms with Gasteiger partial charge in [-0.05, 0) is 64.2 Å². The molecule has 2 N–H and O–H groups in total. The molecule has 182 valence electrons. The number of hydrogen-bond acceptors (Lipinski definition) is 7. The Morgan fingerprint density at radius 2 is 1.85 bits per heavy atom. The van der Waals surface area contributed by atoms with Crippen LogP contribution in [0.2, 0.25) is 0 Å². The van der Waals surface area contributed by atoms with E-state index in [0.29, 0.717) is 18.0 Å². The SMILES string of the molecule is C=Cc1ccc(-c2cncc(NC3CCN(C(C)C)CC3)n2)nc1/C=C(\C)NC.O=CC1CC1. The summed E-state index contributed by atoms with van der Waals surface area (Å²) in [6.07, 6.45) is 12.9. The smallest absolute Gasteiger partial charge is 0.145 e. The van der Waals surface area contributed by atoms with Crippen molar-refractivity contribution in [2.75, 3.05) is 25.5 Å². The molecular weight excluding hydrogens is 424 g/mol. The summed E-state index contributed by atoms with van der Waals surface area (Å²) in [5.74, 6) is 1.26. The van der Waals surface area contributed by atoms with Gasteiger partial charge < -0.3 is 20.3 Å². The third-order valence-electron chi connectivity index (χ3n) is 6.25. The number of carbonyl (C=O) groups is 1. The van der Waals surface area contributed by atoms with Crippen LogP contribution in [0, 0.1) is 5.92 Å². The molecule has 2 aromatic rings. The summed E-state index contributed by atoms with van der Waals surface area (Å²) in [5.41, 5.74) is 4.46. The average Bonchev–Trinajstić information content (AvgIpc) is 3.70. The van der Waals surface area contributed by atoms with E-state index >= 15 is 0 Å². The third kappa shape index (κ3) is 7.48. The minimum absolute atomic E-state index is 0.433. The van der Waals surface area contributed by atoms with Gasteiger partial charge in [-0.3, -0.25) is 4.98 Å². The number of allylic oxidation sites excluding steroid dienone is 1. The lowest BCUT2D eigenvalue weighted by atomic mass is 10.0. The number of pyridine rings is 1. The topological polar surface area (TPSA) is 83.0 Å². The first-order valence-corrected chi connectivity index (χ1v) is 12.2. The standard InChI is InChI=1S/C23H32N6.C4H6O/c1-6-18-7-8-20(27-21(18)13-17(4)24-5)22-14-25-15-23(28-22)26-19-9-11-29(12-10-19)16(2)3;5-3-4-1-2-4/h6-8,13-16,19,24H,1,9-12H2,2-5H3,(H,26,28);3-4H,1-2H2/b17-13+;. The Hall–Kier alpha value is -3.06. The monoisotopic (exact) mass is 462 g/mol. The molecule has 0 spiro atoms. The number of hydrogen-bond donors (Lipinski definition) is 2. The second kappa shape index (κ2) is 12.4. The molecule has 1 aliphatic carbocycles. The van der Waals surface area contributed by atoms with E-state index in [9.17, 15) is 4.79 Å². The van der Waals surface area contributed by atoms with Crippen molar-refractivity contribution in [2.45, 2.75) is 58.5 Å². The first-order valence-electron chi connectivity index (χ1n) is 12.2. The molecule has 0 atom stereocenters. The van der Waals surface area contributed by atoms with Gasteiger partial charge in [-0.25, -0.2) is 9.97 Å². The largest absolute Gasteiger partial charge is 0.392 e. The van der Waals surface area contributed by atoms with Crippen molar-refractivity contribution in [1.82, 2.24) is 25.2 Å². The molecule has 2 aliphatic rings. The number of piperidine rings is 1. The average molecular weight is 463 g/mol. The van der Waals surface area contributed by atoms with Gasteiger partial charge in [-0.15, -0.1) is 0 Å². The fraction of sp³-hybridized carbons (Fsp3) is 0.481. The number of aldehydes is 1. The van der Waals surface area contributed by atoms with Gasteiger partial charge in [0, 0.05) is 43.8 Å².